The van der Waals surface area contributed by atoms with Crippen LogP contribution < -0.4 is 0 Å². The standard InChI is InChI=1S/C34H54O7/c1-20(36)40-19-34-23(15-29(3,4)17-28(34)41-21(2)37)22-9-10-25-30(5)13-12-26(38)31(6,18-35)24(30)11-14-32(25,7)33(22,8)16-27(34)39/h9,23-28,35,38-39H,10-19H2,1-8H3/t23-,24+,25+,26?,27?,28?,30-,31-,32+,33+,34-/m0/s1. The summed E-state index contributed by atoms with van der Waals surface area (Å²) in [5, 5.41) is 33.8. The van der Waals surface area contributed by atoms with E-state index in [4.69, 9.17) is 9.47 Å². The molecule has 5 rings (SSSR count). The minimum atomic E-state index is -0.896. The predicted molar refractivity (Wildman–Crippen MR) is 155 cm³/mol. The molecule has 0 spiro atoms. The van der Waals surface area contributed by atoms with Gasteiger partial charge in [0.1, 0.15) is 12.7 Å². The smallest absolute Gasteiger partial charge is 0.302 e. The number of fused-ring (bicyclic) bond motifs is 7. The van der Waals surface area contributed by atoms with E-state index in [-0.39, 0.29) is 52.7 Å². The Morgan fingerprint density at radius 3 is 2.20 bits per heavy atom. The number of carbonyl (C=O) groups is 2. The third-order valence-corrected chi connectivity index (χ3v) is 13.8. The molecule has 11 atom stereocenters. The summed E-state index contributed by atoms with van der Waals surface area (Å²) in [5.74, 6) is -0.305. The maximum atomic E-state index is 12.4. The summed E-state index contributed by atoms with van der Waals surface area (Å²) in [6.07, 6.45) is 6.92. The lowest BCUT2D eigenvalue weighted by Crippen LogP contribution is -2.70. The van der Waals surface area contributed by atoms with E-state index < -0.39 is 35.1 Å². The van der Waals surface area contributed by atoms with Crippen molar-refractivity contribution in [1.82, 2.24) is 0 Å². The fraction of sp³-hybridized carbons (Fsp3) is 0.882. The fourth-order valence-electron chi connectivity index (χ4n) is 11.5. The molecule has 0 radical (unpaired) electrons. The van der Waals surface area contributed by atoms with E-state index >= 15 is 0 Å². The molecule has 7 nitrogen and oxygen atoms in total. The average molecular weight is 575 g/mol. The zero-order chi connectivity index (χ0) is 30.4. The Balaban J connectivity index is 1.64. The van der Waals surface area contributed by atoms with Crippen LogP contribution in [-0.4, -0.2) is 58.8 Å². The van der Waals surface area contributed by atoms with E-state index in [1.807, 2.05) is 0 Å². The quantitative estimate of drug-likeness (QED) is 0.313. The molecule has 0 amide bonds. The number of ether oxygens (including phenoxy) is 2. The monoisotopic (exact) mass is 574 g/mol. The normalized spacial score (nSPS) is 50.3. The van der Waals surface area contributed by atoms with Gasteiger partial charge < -0.3 is 24.8 Å². The molecule has 0 aromatic rings. The van der Waals surface area contributed by atoms with Crippen molar-refractivity contribution in [2.24, 2.45) is 50.2 Å². The molecule has 41 heavy (non-hydrogen) atoms. The van der Waals surface area contributed by atoms with Crippen LogP contribution in [0.5, 0.6) is 0 Å². The molecule has 0 saturated heterocycles. The minimum Gasteiger partial charge on any atom is -0.465 e. The van der Waals surface area contributed by atoms with Crippen LogP contribution in [0.15, 0.2) is 11.6 Å². The second-order valence-electron chi connectivity index (χ2n) is 16.3. The predicted octanol–water partition coefficient (Wildman–Crippen LogP) is 5.20. The molecule has 0 aromatic carbocycles. The Hall–Kier alpha value is -1.44. The second-order valence-corrected chi connectivity index (χ2v) is 16.3. The van der Waals surface area contributed by atoms with Gasteiger partial charge in [0, 0.05) is 19.3 Å². The Labute approximate surface area is 246 Å². The van der Waals surface area contributed by atoms with E-state index in [1.165, 1.54) is 19.4 Å². The van der Waals surface area contributed by atoms with Crippen molar-refractivity contribution in [1.29, 1.82) is 0 Å². The highest BCUT2D eigenvalue weighted by Gasteiger charge is 2.72. The van der Waals surface area contributed by atoms with E-state index in [0.717, 1.165) is 32.1 Å². The molecule has 5 aliphatic carbocycles. The van der Waals surface area contributed by atoms with Crippen LogP contribution in [-0.2, 0) is 19.1 Å². The van der Waals surface area contributed by atoms with Crippen LogP contribution in [0.25, 0.3) is 0 Å². The zero-order valence-electron chi connectivity index (χ0n) is 26.6. The molecule has 3 unspecified atom stereocenters. The van der Waals surface area contributed by atoms with Crippen molar-refractivity contribution in [3.63, 3.8) is 0 Å². The number of esters is 2. The van der Waals surface area contributed by atoms with Crippen molar-refractivity contribution in [2.75, 3.05) is 13.2 Å². The maximum absolute atomic E-state index is 12.4. The van der Waals surface area contributed by atoms with Crippen molar-refractivity contribution < 1.29 is 34.4 Å². The van der Waals surface area contributed by atoms with Crippen LogP contribution in [0.1, 0.15) is 107 Å². The van der Waals surface area contributed by atoms with Gasteiger partial charge >= 0.3 is 11.9 Å². The summed E-state index contributed by atoms with van der Waals surface area (Å²) >= 11 is 0. The molecule has 7 heteroatoms. The molecule has 4 saturated carbocycles. The van der Waals surface area contributed by atoms with Crippen molar-refractivity contribution in [2.45, 2.75) is 125 Å². The molecule has 0 aromatic heterocycles. The second kappa shape index (κ2) is 9.79. The van der Waals surface area contributed by atoms with Crippen molar-refractivity contribution >= 4 is 11.9 Å². The molecular formula is C34H54O7. The van der Waals surface area contributed by atoms with Gasteiger partial charge in [-0.05, 0) is 90.8 Å². The number of aliphatic hydroxyl groups excluding tert-OH is 3. The van der Waals surface area contributed by atoms with Gasteiger partial charge in [-0.25, -0.2) is 0 Å². The van der Waals surface area contributed by atoms with Crippen LogP contribution in [0.2, 0.25) is 0 Å². The summed E-state index contributed by atoms with van der Waals surface area (Å²) in [5.41, 5.74) is -0.656. The van der Waals surface area contributed by atoms with Crippen molar-refractivity contribution in [3.8, 4) is 0 Å². The molecule has 232 valence electrons. The largest absolute Gasteiger partial charge is 0.465 e. The molecule has 4 fully saturated rings. The number of aliphatic hydroxyl groups is 3. The first-order valence-corrected chi connectivity index (χ1v) is 15.9. The zero-order valence-corrected chi connectivity index (χ0v) is 26.6. The van der Waals surface area contributed by atoms with Gasteiger partial charge in [-0.1, -0.05) is 53.2 Å². The lowest BCUT2D eigenvalue weighted by Gasteiger charge is -2.72. The van der Waals surface area contributed by atoms with Gasteiger partial charge in [-0.2, -0.15) is 0 Å². The van der Waals surface area contributed by atoms with Crippen LogP contribution in [0.3, 0.4) is 0 Å². The van der Waals surface area contributed by atoms with E-state index in [1.54, 1.807) is 0 Å². The van der Waals surface area contributed by atoms with Gasteiger partial charge in [-0.3, -0.25) is 9.59 Å². The minimum absolute atomic E-state index is 0.0116. The summed E-state index contributed by atoms with van der Waals surface area (Å²) < 4.78 is 11.7. The molecule has 0 aliphatic heterocycles. The number of hydrogen-bond acceptors (Lipinski definition) is 7. The molecule has 3 N–H and O–H groups in total. The number of rotatable bonds is 4. The Morgan fingerprint density at radius 1 is 0.902 bits per heavy atom. The highest BCUT2D eigenvalue weighted by molar-refractivity contribution is 5.67. The van der Waals surface area contributed by atoms with Crippen LogP contribution in [0.4, 0.5) is 0 Å². The molecule has 0 bridgehead atoms. The Kier molecular flexibility index (Phi) is 7.40. The maximum Gasteiger partial charge on any atom is 0.302 e. The van der Waals surface area contributed by atoms with Crippen LogP contribution >= 0.6 is 0 Å². The summed E-state index contributed by atoms with van der Waals surface area (Å²) in [6, 6.07) is 0. The van der Waals surface area contributed by atoms with Crippen LogP contribution in [0, 0.1) is 50.2 Å². The lowest BCUT2D eigenvalue weighted by molar-refractivity contribution is -0.245. The molecular weight excluding hydrogens is 520 g/mol. The highest BCUT2D eigenvalue weighted by Crippen LogP contribution is 2.75. The third-order valence-electron chi connectivity index (χ3n) is 13.8. The summed E-state index contributed by atoms with van der Waals surface area (Å²) in [7, 11) is 0. The topological polar surface area (TPSA) is 113 Å². The molecule has 5 aliphatic rings. The van der Waals surface area contributed by atoms with Crippen molar-refractivity contribution in [3.05, 3.63) is 11.6 Å². The van der Waals surface area contributed by atoms with Gasteiger partial charge in [0.2, 0.25) is 0 Å². The highest BCUT2D eigenvalue weighted by atomic mass is 16.6. The lowest BCUT2D eigenvalue weighted by atomic mass is 9.33. The molecule has 0 heterocycles. The fourth-order valence-corrected chi connectivity index (χ4v) is 11.5. The van der Waals surface area contributed by atoms with E-state index in [9.17, 15) is 24.9 Å². The summed E-state index contributed by atoms with van der Waals surface area (Å²) in [6.45, 7) is 16.5. The van der Waals surface area contributed by atoms with Gasteiger partial charge in [-0.15, -0.1) is 0 Å². The first-order valence-electron chi connectivity index (χ1n) is 15.9. The Bertz CT molecular complexity index is 1110. The SMILES string of the molecule is CC(=O)OC[C@@]12C(O)C[C@]3(C)C(=CC[C@@H]4[C@@]5(C)CCC(O)[C@@](C)(CO)[C@@H]5CC[C@]43C)[C@@H]1CC(C)(C)CC2OC(C)=O. The number of hydrogen-bond donors (Lipinski definition) is 3. The Morgan fingerprint density at radius 2 is 1.59 bits per heavy atom. The van der Waals surface area contributed by atoms with Gasteiger partial charge in [0.05, 0.1) is 24.2 Å². The number of allylic oxidation sites excluding steroid dienone is 2. The first kappa shape index (κ1) is 31.0. The summed E-state index contributed by atoms with van der Waals surface area (Å²) in [4.78, 5) is 24.5. The van der Waals surface area contributed by atoms with E-state index in [2.05, 4.69) is 47.6 Å². The average Bonchev–Trinajstić information content (AvgIpc) is 2.85. The van der Waals surface area contributed by atoms with Gasteiger partial charge in [0.15, 0.2) is 0 Å². The first-order chi connectivity index (χ1) is 18.9. The third kappa shape index (κ3) is 4.22. The van der Waals surface area contributed by atoms with Gasteiger partial charge in [0.25, 0.3) is 0 Å². The number of carbonyl (C=O) groups excluding carboxylic acids is 2. The van der Waals surface area contributed by atoms with E-state index in [0.29, 0.717) is 25.2 Å².